The lowest BCUT2D eigenvalue weighted by atomic mass is 9.89. The van der Waals surface area contributed by atoms with Crippen LogP contribution in [-0.4, -0.2) is 0 Å². The summed E-state index contributed by atoms with van der Waals surface area (Å²) in [5.41, 5.74) is 0. The Bertz CT molecular complexity index is 184. The van der Waals surface area contributed by atoms with E-state index in [2.05, 4.69) is 13.3 Å². The van der Waals surface area contributed by atoms with Gasteiger partial charge in [-0.15, -0.1) is 0 Å². The maximum Gasteiger partial charge on any atom is -0.0355 e. The van der Waals surface area contributed by atoms with Crippen molar-refractivity contribution >= 4 is 0 Å². The molecule has 0 saturated heterocycles. The molecule has 21 heavy (non-hydrogen) atoms. The van der Waals surface area contributed by atoms with Crippen molar-refractivity contribution in [3.05, 3.63) is 6.42 Å². The number of hydrogen-bond acceptors (Lipinski definition) is 0. The first-order chi connectivity index (χ1) is 10.4. The molecule has 125 valence electrons. The summed E-state index contributed by atoms with van der Waals surface area (Å²) in [6, 6.07) is 0. The third kappa shape index (κ3) is 12.2. The van der Waals surface area contributed by atoms with E-state index in [0.717, 1.165) is 5.92 Å². The maximum atomic E-state index is 2.70. The van der Waals surface area contributed by atoms with Crippen molar-refractivity contribution in [1.29, 1.82) is 0 Å². The molecule has 1 radical (unpaired) electrons. The molecular weight excluding hydrogens is 252 g/mol. The second-order valence-corrected chi connectivity index (χ2v) is 7.31. The van der Waals surface area contributed by atoms with E-state index in [1.54, 1.807) is 0 Å². The van der Waals surface area contributed by atoms with Crippen molar-refractivity contribution < 1.29 is 0 Å². The fraction of sp³-hybridized carbons (Fsp3) is 0.952. The largest absolute Gasteiger partial charge is 0.0654 e. The van der Waals surface area contributed by atoms with Crippen molar-refractivity contribution in [2.75, 3.05) is 0 Å². The SMILES string of the molecule is CCCCCCCC[CH]C1CCCCCCCCCCC1. The van der Waals surface area contributed by atoms with Crippen LogP contribution in [-0.2, 0) is 0 Å². The summed E-state index contributed by atoms with van der Waals surface area (Å²) in [4.78, 5) is 0. The molecular formula is C21H41. The number of rotatable bonds is 8. The molecule has 1 aliphatic carbocycles. The van der Waals surface area contributed by atoms with E-state index >= 15 is 0 Å². The minimum Gasteiger partial charge on any atom is -0.0654 e. The van der Waals surface area contributed by atoms with Gasteiger partial charge >= 0.3 is 0 Å². The van der Waals surface area contributed by atoms with E-state index in [1.807, 2.05) is 0 Å². The first-order valence-electron chi connectivity index (χ1n) is 10.3. The second kappa shape index (κ2) is 14.9. The fourth-order valence-corrected chi connectivity index (χ4v) is 3.71. The molecule has 0 aliphatic heterocycles. The molecule has 1 aliphatic rings. The van der Waals surface area contributed by atoms with E-state index in [9.17, 15) is 0 Å². The third-order valence-electron chi connectivity index (χ3n) is 5.21. The van der Waals surface area contributed by atoms with Gasteiger partial charge in [0.25, 0.3) is 0 Å². The minimum absolute atomic E-state index is 0.945. The highest BCUT2D eigenvalue weighted by molar-refractivity contribution is 4.77. The fourth-order valence-electron chi connectivity index (χ4n) is 3.71. The molecule has 0 aromatic heterocycles. The predicted octanol–water partition coefficient (Wildman–Crippen LogP) is 7.86. The molecule has 1 saturated carbocycles. The van der Waals surface area contributed by atoms with E-state index < -0.39 is 0 Å². The molecule has 0 heterocycles. The van der Waals surface area contributed by atoms with Gasteiger partial charge in [0, 0.05) is 0 Å². The molecule has 0 unspecified atom stereocenters. The van der Waals surface area contributed by atoms with Gasteiger partial charge in [-0.3, -0.25) is 0 Å². The van der Waals surface area contributed by atoms with Crippen LogP contribution in [0.25, 0.3) is 0 Å². The van der Waals surface area contributed by atoms with Gasteiger partial charge in [-0.05, 0) is 18.8 Å². The van der Waals surface area contributed by atoms with Crippen LogP contribution in [0, 0.1) is 12.3 Å². The van der Waals surface area contributed by atoms with Crippen molar-refractivity contribution in [3.63, 3.8) is 0 Å². The zero-order valence-corrected chi connectivity index (χ0v) is 14.9. The van der Waals surface area contributed by atoms with Crippen molar-refractivity contribution in [3.8, 4) is 0 Å². The Labute approximate surface area is 135 Å². The molecule has 0 spiro atoms. The van der Waals surface area contributed by atoms with E-state index in [-0.39, 0.29) is 0 Å². The number of unbranched alkanes of at least 4 members (excludes halogenated alkanes) is 6. The average molecular weight is 294 g/mol. The normalized spacial score (nSPS) is 19.9. The molecule has 0 amide bonds. The highest BCUT2D eigenvalue weighted by atomic mass is 14.1. The summed E-state index contributed by atoms with van der Waals surface area (Å²) in [5.74, 6) is 0.945. The van der Waals surface area contributed by atoms with Gasteiger partial charge in [0.2, 0.25) is 0 Å². The lowest BCUT2D eigenvalue weighted by Gasteiger charge is -2.17. The Balaban J connectivity index is 2.05. The van der Waals surface area contributed by atoms with Crippen LogP contribution in [0.5, 0.6) is 0 Å². The smallest absolute Gasteiger partial charge is 0.0355 e. The zero-order chi connectivity index (χ0) is 15.0. The lowest BCUT2D eigenvalue weighted by Crippen LogP contribution is -2.03. The average Bonchev–Trinajstić information content (AvgIpc) is 2.48. The monoisotopic (exact) mass is 293 g/mol. The number of hydrogen-bond donors (Lipinski definition) is 0. The quantitative estimate of drug-likeness (QED) is 0.399. The molecule has 0 bridgehead atoms. The minimum atomic E-state index is 0.945. The van der Waals surface area contributed by atoms with Gasteiger partial charge < -0.3 is 0 Å². The van der Waals surface area contributed by atoms with E-state index in [1.165, 1.54) is 116 Å². The molecule has 0 heteroatoms. The first kappa shape index (κ1) is 19.0. The molecule has 0 N–H and O–H groups in total. The maximum absolute atomic E-state index is 2.70. The summed E-state index contributed by atoms with van der Waals surface area (Å²) >= 11 is 0. The Morgan fingerprint density at radius 3 is 1.67 bits per heavy atom. The summed E-state index contributed by atoms with van der Waals surface area (Å²) in [7, 11) is 0. The predicted molar refractivity (Wildman–Crippen MR) is 96.6 cm³/mol. The van der Waals surface area contributed by atoms with Crippen LogP contribution < -0.4 is 0 Å². The summed E-state index contributed by atoms with van der Waals surface area (Å²) < 4.78 is 0. The Morgan fingerprint density at radius 1 is 0.619 bits per heavy atom. The Morgan fingerprint density at radius 2 is 1.10 bits per heavy atom. The van der Waals surface area contributed by atoms with E-state index in [0.29, 0.717) is 0 Å². The van der Waals surface area contributed by atoms with Crippen LogP contribution in [0.1, 0.15) is 122 Å². The highest BCUT2D eigenvalue weighted by Gasteiger charge is 2.09. The topological polar surface area (TPSA) is 0 Å². The molecule has 0 aromatic rings. The van der Waals surface area contributed by atoms with Crippen molar-refractivity contribution in [2.24, 2.45) is 5.92 Å². The van der Waals surface area contributed by atoms with Gasteiger partial charge in [-0.2, -0.15) is 0 Å². The van der Waals surface area contributed by atoms with Crippen LogP contribution in [0.3, 0.4) is 0 Å². The molecule has 0 atom stereocenters. The molecule has 0 aromatic carbocycles. The standard InChI is InChI=1S/C21H41/c1-2-3-4-5-9-12-15-18-21-19-16-13-10-7-6-8-11-14-17-20-21/h18,21H,2-17,19-20H2,1H3. The zero-order valence-electron chi connectivity index (χ0n) is 14.9. The summed E-state index contributed by atoms with van der Waals surface area (Å²) in [5, 5.41) is 0. The highest BCUT2D eigenvalue weighted by Crippen LogP contribution is 2.24. The van der Waals surface area contributed by atoms with Gasteiger partial charge in [0.1, 0.15) is 0 Å². The van der Waals surface area contributed by atoms with Crippen LogP contribution in [0.15, 0.2) is 0 Å². The van der Waals surface area contributed by atoms with Gasteiger partial charge in [-0.25, -0.2) is 0 Å². The summed E-state index contributed by atoms with van der Waals surface area (Å²) in [6.45, 7) is 2.30. The lowest BCUT2D eigenvalue weighted by molar-refractivity contribution is 0.420. The third-order valence-corrected chi connectivity index (χ3v) is 5.21. The summed E-state index contributed by atoms with van der Waals surface area (Å²) in [6.07, 6.45) is 29.1. The van der Waals surface area contributed by atoms with Crippen LogP contribution >= 0.6 is 0 Å². The van der Waals surface area contributed by atoms with Crippen molar-refractivity contribution in [2.45, 2.75) is 122 Å². The van der Waals surface area contributed by atoms with Gasteiger partial charge in [0.15, 0.2) is 0 Å². The van der Waals surface area contributed by atoms with Crippen LogP contribution in [0.2, 0.25) is 0 Å². The van der Waals surface area contributed by atoms with Gasteiger partial charge in [-0.1, -0.05) is 116 Å². The Hall–Kier alpha value is 0. The van der Waals surface area contributed by atoms with Crippen molar-refractivity contribution in [1.82, 2.24) is 0 Å². The van der Waals surface area contributed by atoms with Gasteiger partial charge in [0.05, 0.1) is 0 Å². The van der Waals surface area contributed by atoms with Crippen LogP contribution in [0.4, 0.5) is 0 Å². The first-order valence-corrected chi connectivity index (χ1v) is 10.3. The molecule has 1 fully saturated rings. The Kier molecular flexibility index (Phi) is 13.5. The molecule has 1 rings (SSSR count). The second-order valence-electron chi connectivity index (χ2n) is 7.31. The van der Waals surface area contributed by atoms with E-state index in [4.69, 9.17) is 0 Å². The molecule has 0 nitrogen and oxygen atoms in total.